The Balaban J connectivity index is 2.33. The molecule has 0 radical (unpaired) electrons. The van der Waals surface area contributed by atoms with E-state index in [1.54, 1.807) is 18.2 Å². The van der Waals surface area contributed by atoms with Gasteiger partial charge in [0, 0.05) is 16.7 Å². The van der Waals surface area contributed by atoms with Gasteiger partial charge in [-0.1, -0.05) is 36.5 Å². The second-order valence-electron chi connectivity index (χ2n) is 4.58. The molecule has 2 unspecified atom stereocenters. The molecular weight excluding hydrogens is 301 g/mol. The van der Waals surface area contributed by atoms with Gasteiger partial charge in [0.05, 0.1) is 20.8 Å². The molecule has 0 fully saturated rings. The standard InChI is InChI=1S/C14H21Cl2NOS/c1-3-17-11(2)6-4-5-9-19(18)12-7-8-13(15)14(16)10-12/h7-8,10-11,17H,3-6,9H2,1-2H3. The number of rotatable bonds is 8. The lowest BCUT2D eigenvalue weighted by Gasteiger charge is -2.11. The van der Waals surface area contributed by atoms with E-state index in [1.165, 1.54) is 0 Å². The zero-order valence-electron chi connectivity index (χ0n) is 11.4. The van der Waals surface area contributed by atoms with Gasteiger partial charge in [-0.25, -0.2) is 0 Å². The molecule has 0 aliphatic carbocycles. The van der Waals surface area contributed by atoms with Gasteiger partial charge in [0.2, 0.25) is 0 Å². The quantitative estimate of drug-likeness (QED) is 0.724. The van der Waals surface area contributed by atoms with Crippen LogP contribution in [0.25, 0.3) is 0 Å². The van der Waals surface area contributed by atoms with Crippen molar-refractivity contribution in [3.8, 4) is 0 Å². The van der Waals surface area contributed by atoms with E-state index in [-0.39, 0.29) is 0 Å². The van der Waals surface area contributed by atoms with Gasteiger partial charge in [-0.05, 0) is 44.5 Å². The van der Waals surface area contributed by atoms with Crippen LogP contribution in [0.5, 0.6) is 0 Å². The van der Waals surface area contributed by atoms with E-state index >= 15 is 0 Å². The van der Waals surface area contributed by atoms with Crippen molar-refractivity contribution >= 4 is 34.0 Å². The first-order valence-corrected chi connectivity index (χ1v) is 8.69. The topological polar surface area (TPSA) is 29.1 Å². The molecule has 0 amide bonds. The Kier molecular flexibility index (Phi) is 8.00. The molecule has 0 bridgehead atoms. The van der Waals surface area contributed by atoms with Gasteiger partial charge in [0.25, 0.3) is 0 Å². The SMILES string of the molecule is CCNC(C)CCCCS(=O)c1ccc(Cl)c(Cl)c1. The Labute approximate surface area is 128 Å². The third-order valence-corrected chi connectivity index (χ3v) is 5.10. The predicted octanol–water partition coefficient (Wildman–Crippen LogP) is 4.27. The highest BCUT2D eigenvalue weighted by Gasteiger charge is 2.07. The smallest absolute Gasteiger partial charge is 0.0604 e. The molecule has 0 aromatic heterocycles. The Bertz CT molecular complexity index is 426. The minimum absolute atomic E-state index is 0.466. The van der Waals surface area contributed by atoms with E-state index in [2.05, 4.69) is 19.2 Å². The first-order chi connectivity index (χ1) is 9.04. The van der Waals surface area contributed by atoms with Gasteiger partial charge in [-0.3, -0.25) is 4.21 Å². The molecule has 1 N–H and O–H groups in total. The summed E-state index contributed by atoms with van der Waals surface area (Å²) in [6, 6.07) is 5.71. The maximum atomic E-state index is 12.1. The molecule has 1 aromatic carbocycles. The zero-order chi connectivity index (χ0) is 14.3. The van der Waals surface area contributed by atoms with E-state index < -0.39 is 10.8 Å². The molecule has 0 aliphatic heterocycles. The van der Waals surface area contributed by atoms with Crippen LogP contribution in [0.4, 0.5) is 0 Å². The lowest BCUT2D eigenvalue weighted by Crippen LogP contribution is -2.25. The van der Waals surface area contributed by atoms with E-state index in [0.29, 0.717) is 21.8 Å². The van der Waals surface area contributed by atoms with E-state index in [4.69, 9.17) is 23.2 Å². The summed E-state index contributed by atoms with van der Waals surface area (Å²) < 4.78 is 12.1. The largest absolute Gasteiger partial charge is 0.315 e. The fourth-order valence-corrected chi connectivity index (χ4v) is 3.40. The summed E-state index contributed by atoms with van der Waals surface area (Å²) in [5.74, 6) is 0.677. The fraction of sp³-hybridized carbons (Fsp3) is 0.571. The highest BCUT2D eigenvalue weighted by Crippen LogP contribution is 2.24. The van der Waals surface area contributed by atoms with Crippen molar-refractivity contribution in [1.29, 1.82) is 0 Å². The number of hydrogen-bond donors (Lipinski definition) is 1. The fourth-order valence-electron chi connectivity index (χ4n) is 1.87. The van der Waals surface area contributed by atoms with Crippen LogP contribution in [0.2, 0.25) is 10.0 Å². The molecule has 0 spiro atoms. The van der Waals surface area contributed by atoms with E-state index in [0.717, 1.165) is 30.7 Å². The summed E-state index contributed by atoms with van der Waals surface area (Å²) in [7, 11) is -0.984. The van der Waals surface area contributed by atoms with Crippen LogP contribution in [-0.2, 0) is 10.8 Å². The average Bonchev–Trinajstić information content (AvgIpc) is 2.38. The molecule has 108 valence electrons. The maximum absolute atomic E-state index is 12.1. The van der Waals surface area contributed by atoms with Crippen molar-refractivity contribution in [3.05, 3.63) is 28.2 Å². The number of benzene rings is 1. The normalized spacial score (nSPS) is 14.3. The Morgan fingerprint density at radius 1 is 1.26 bits per heavy atom. The number of hydrogen-bond acceptors (Lipinski definition) is 2. The molecule has 0 aliphatic rings. The van der Waals surface area contributed by atoms with Crippen LogP contribution in [0.1, 0.15) is 33.1 Å². The molecule has 5 heteroatoms. The minimum Gasteiger partial charge on any atom is -0.315 e. The van der Waals surface area contributed by atoms with Crippen LogP contribution < -0.4 is 5.32 Å². The second kappa shape index (κ2) is 8.96. The number of unbranched alkanes of at least 4 members (excludes halogenated alkanes) is 1. The molecule has 2 nitrogen and oxygen atoms in total. The number of halogens is 2. The molecular formula is C14H21Cl2NOS. The van der Waals surface area contributed by atoms with Gasteiger partial charge in [0.1, 0.15) is 0 Å². The Hall–Kier alpha value is -0.0900. The van der Waals surface area contributed by atoms with Gasteiger partial charge in [-0.2, -0.15) is 0 Å². The van der Waals surface area contributed by atoms with Crippen LogP contribution in [0, 0.1) is 0 Å². The molecule has 0 heterocycles. The van der Waals surface area contributed by atoms with Crippen molar-refractivity contribution < 1.29 is 4.21 Å². The van der Waals surface area contributed by atoms with Gasteiger partial charge >= 0.3 is 0 Å². The summed E-state index contributed by atoms with van der Waals surface area (Å²) in [6.07, 6.45) is 3.16. The summed E-state index contributed by atoms with van der Waals surface area (Å²) in [6.45, 7) is 5.28. The lowest BCUT2D eigenvalue weighted by atomic mass is 10.1. The van der Waals surface area contributed by atoms with Crippen LogP contribution in [0.15, 0.2) is 23.1 Å². The van der Waals surface area contributed by atoms with Crippen LogP contribution >= 0.6 is 23.2 Å². The molecule has 2 atom stereocenters. The van der Waals surface area contributed by atoms with Gasteiger partial charge in [-0.15, -0.1) is 0 Å². The molecule has 1 rings (SSSR count). The number of nitrogens with one attached hydrogen (secondary N) is 1. The van der Waals surface area contributed by atoms with Crippen molar-refractivity contribution in [2.75, 3.05) is 12.3 Å². The Morgan fingerprint density at radius 2 is 2.00 bits per heavy atom. The highest BCUT2D eigenvalue weighted by atomic mass is 35.5. The van der Waals surface area contributed by atoms with Crippen LogP contribution in [0.3, 0.4) is 0 Å². The second-order valence-corrected chi connectivity index (χ2v) is 6.97. The summed E-state index contributed by atoms with van der Waals surface area (Å²) in [5.41, 5.74) is 0. The molecule has 0 saturated carbocycles. The zero-order valence-corrected chi connectivity index (χ0v) is 13.7. The summed E-state index contributed by atoms with van der Waals surface area (Å²) in [5, 5.41) is 4.34. The summed E-state index contributed by atoms with van der Waals surface area (Å²) in [4.78, 5) is 0.758. The van der Waals surface area contributed by atoms with Crippen LogP contribution in [-0.4, -0.2) is 22.5 Å². The Morgan fingerprint density at radius 3 is 2.63 bits per heavy atom. The average molecular weight is 322 g/mol. The molecule has 0 saturated heterocycles. The minimum atomic E-state index is -0.984. The van der Waals surface area contributed by atoms with Gasteiger partial charge in [0.15, 0.2) is 0 Å². The first kappa shape index (κ1) is 17.0. The van der Waals surface area contributed by atoms with Crippen molar-refractivity contribution in [2.24, 2.45) is 0 Å². The highest BCUT2D eigenvalue weighted by molar-refractivity contribution is 7.85. The predicted molar refractivity (Wildman–Crippen MR) is 84.7 cm³/mol. The summed E-state index contributed by atoms with van der Waals surface area (Å²) >= 11 is 11.8. The maximum Gasteiger partial charge on any atom is 0.0604 e. The molecule has 19 heavy (non-hydrogen) atoms. The third kappa shape index (κ3) is 6.26. The van der Waals surface area contributed by atoms with Crippen molar-refractivity contribution in [2.45, 2.75) is 44.0 Å². The third-order valence-electron chi connectivity index (χ3n) is 2.92. The lowest BCUT2D eigenvalue weighted by molar-refractivity contribution is 0.509. The first-order valence-electron chi connectivity index (χ1n) is 6.61. The van der Waals surface area contributed by atoms with E-state index in [9.17, 15) is 4.21 Å². The van der Waals surface area contributed by atoms with Crippen molar-refractivity contribution in [3.63, 3.8) is 0 Å². The van der Waals surface area contributed by atoms with Gasteiger partial charge < -0.3 is 5.32 Å². The van der Waals surface area contributed by atoms with E-state index in [1.807, 2.05) is 0 Å². The van der Waals surface area contributed by atoms with Crippen molar-refractivity contribution in [1.82, 2.24) is 5.32 Å². The molecule has 1 aromatic rings. The monoisotopic (exact) mass is 321 g/mol.